The van der Waals surface area contributed by atoms with Crippen LogP contribution in [0, 0.1) is 13.8 Å². The van der Waals surface area contributed by atoms with Crippen molar-refractivity contribution < 1.29 is 9.15 Å². The van der Waals surface area contributed by atoms with Crippen molar-refractivity contribution in [3.63, 3.8) is 0 Å². The third kappa shape index (κ3) is 6.71. The summed E-state index contributed by atoms with van der Waals surface area (Å²) < 4.78 is 11.4. The van der Waals surface area contributed by atoms with E-state index in [4.69, 9.17) is 9.15 Å². The molecule has 28 heavy (non-hydrogen) atoms. The molecule has 9 heteroatoms. The highest BCUT2D eigenvalue weighted by Crippen LogP contribution is 2.23. The van der Waals surface area contributed by atoms with Crippen molar-refractivity contribution in [1.29, 1.82) is 0 Å². The fourth-order valence-corrected chi connectivity index (χ4v) is 3.94. The van der Waals surface area contributed by atoms with E-state index in [2.05, 4.69) is 38.5 Å². The SMILES string of the molecule is CN=C(NCCc1ncc(C)s1)NCC(c1ccc(C)o1)N1CCOCC1.I. The second kappa shape index (κ2) is 11.7. The van der Waals surface area contributed by atoms with Gasteiger partial charge in [0.25, 0.3) is 0 Å². The van der Waals surface area contributed by atoms with Crippen LogP contribution >= 0.6 is 35.3 Å². The summed E-state index contributed by atoms with van der Waals surface area (Å²) in [7, 11) is 1.80. The van der Waals surface area contributed by atoms with Gasteiger partial charge in [0, 0.05) is 50.7 Å². The number of thiazole rings is 1. The van der Waals surface area contributed by atoms with Gasteiger partial charge in [0.05, 0.1) is 24.3 Å². The third-order valence-electron chi connectivity index (χ3n) is 4.56. The van der Waals surface area contributed by atoms with Gasteiger partial charge in [-0.3, -0.25) is 9.89 Å². The van der Waals surface area contributed by atoms with E-state index in [1.54, 1.807) is 18.4 Å². The summed E-state index contributed by atoms with van der Waals surface area (Å²) >= 11 is 1.74. The molecule has 1 atom stereocenters. The molecule has 1 unspecified atom stereocenters. The number of hydrogen-bond donors (Lipinski definition) is 2. The molecule has 7 nitrogen and oxygen atoms in total. The number of nitrogens with zero attached hydrogens (tertiary/aromatic N) is 3. The molecule has 156 valence electrons. The third-order valence-corrected chi connectivity index (χ3v) is 5.54. The molecule has 1 aliphatic rings. The summed E-state index contributed by atoms with van der Waals surface area (Å²) in [5.41, 5.74) is 0. The van der Waals surface area contributed by atoms with Crippen molar-refractivity contribution in [3.8, 4) is 0 Å². The van der Waals surface area contributed by atoms with Crippen molar-refractivity contribution in [1.82, 2.24) is 20.5 Å². The first kappa shape index (κ1) is 23.1. The van der Waals surface area contributed by atoms with Crippen LogP contribution in [0.4, 0.5) is 0 Å². The van der Waals surface area contributed by atoms with Gasteiger partial charge in [-0.15, -0.1) is 35.3 Å². The number of halogens is 1. The molecule has 1 aliphatic heterocycles. The molecule has 2 aromatic rings. The maximum absolute atomic E-state index is 5.92. The van der Waals surface area contributed by atoms with Crippen LogP contribution < -0.4 is 10.6 Å². The van der Waals surface area contributed by atoms with Crippen molar-refractivity contribution in [3.05, 3.63) is 39.7 Å². The van der Waals surface area contributed by atoms with Crippen LogP contribution in [0.25, 0.3) is 0 Å². The number of morpholine rings is 1. The molecule has 3 heterocycles. The Balaban J connectivity index is 0.00000280. The van der Waals surface area contributed by atoms with Crippen molar-refractivity contribution >= 4 is 41.3 Å². The molecule has 3 rings (SSSR count). The lowest BCUT2D eigenvalue weighted by molar-refractivity contribution is 0.0124. The molecule has 0 radical (unpaired) electrons. The zero-order valence-corrected chi connectivity index (χ0v) is 19.9. The minimum atomic E-state index is 0. The van der Waals surface area contributed by atoms with Gasteiger partial charge in [-0.2, -0.15) is 0 Å². The van der Waals surface area contributed by atoms with E-state index >= 15 is 0 Å². The highest BCUT2D eigenvalue weighted by Gasteiger charge is 2.25. The van der Waals surface area contributed by atoms with E-state index in [-0.39, 0.29) is 30.0 Å². The van der Waals surface area contributed by atoms with E-state index in [0.717, 1.165) is 68.3 Å². The zero-order valence-electron chi connectivity index (χ0n) is 16.7. The van der Waals surface area contributed by atoms with Gasteiger partial charge in [-0.05, 0) is 26.0 Å². The average molecular weight is 519 g/mol. The van der Waals surface area contributed by atoms with Gasteiger partial charge in [-0.1, -0.05) is 0 Å². The molecule has 1 fully saturated rings. The number of ether oxygens (including phenoxy) is 1. The summed E-state index contributed by atoms with van der Waals surface area (Å²) in [4.78, 5) is 12.4. The molecule has 0 spiro atoms. The van der Waals surface area contributed by atoms with E-state index in [0.29, 0.717) is 0 Å². The highest BCUT2D eigenvalue weighted by atomic mass is 127. The number of rotatable bonds is 7. The Morgan fingerprint density at radius 1 is 1.29 bits per heavy atom. The molecule has 2 N–H and O–H groups in total. The average Bonchev–Trinajstić information content (AvgIpc) is 3.29. The maximum Gasteiger partial charge on any atom is 0.191 e. The number of aliphatic imine (C=N–C) groups is 1. The quantitative estimate of drug-likeness (QED) is 0.333. The van der Waals surface area contributed by atoms with E-state index in [9.17, 15) is 0 Å². The Bertz CT molecular complexity index is 742. The number of aryl methyl sites for hydroxylation is 2. The summed E-state index contributed by atoms with van der Waals surface area (Å²) in [6.07, 6.45) is 2.81. The number of furan rings is 1. The molecular formula is C19H30IN5O2S. The number of nitrogens with one attached hydrogen (secondary N) is 2. The minimum absolute atomic E-state index is 0. The predicted molar refractivity (Wildman–Crippen MR) is 124 cm³/mol. The molecule has 2 aromatic heterocycles. The lowest BCUT2D eigenvalue weighted by atomic mass is 10.1. The van der Waals surface area contributed by atoms with Crippen LogP contribution in [0.5, 0.6) is 0 Å². The highest BCUT2D eigenvalue weighted by molar-refractivity contribution is 14.0. The van der Waals surface area contributed by atoms with Crippen LogP contribution in [0.15, 0.2) is 27.7 Å². The number of guanidine groups is 1. The Kier molecular flexibility index (Phi) is 9.69. The van der Waals surface area contributed by atoms with E-state index in [1.165, 1.54) is 4.88 Å². The van der Waals surface area contributed by atoms with Crippen LogP contribution in [-0.2, 0) is 11.2 Å². The summed E-state index contributed by atoms with van der Waals surface area (Å²) in [5, 5.41) is 7.97. The van der Waals surface area contributed by atoms with Gasteiger partial charge in [-0.25, -0.2) is 4.98 Å². The van der Waals surface area contributed by atoms with Crippen molar-refractivity contribution in [2.75, 3.05) is 46.4 Å². The van der Waals surface area contributed by atoms with Gasteiger partial charge in [0.1, 0.15) is 11.5 Å². The molecule has 0 aromatic carbocycles. The standard InChI is InChI=1S/C19H29N5O2S.HI/c1-14-4-5-17(26-14)16(24-8-10-25-11-9-24)13-23-19(20-3)21-7-6-18-22-12-15(2)27-18;/h4-5,12,16H,6-11,13H2,1-3H3,(H2,20,21,23);1H. The summed E-state index contributed by atoms with van der Waals surface area (Å²) in [6.45, 7) is 8.92. The molecule has 0 saturated carbocycles. The first-order valence-electron chi connectivity index (χ1n) is 9.39. The molecule has 1 saturated heterocycles. The first-order chi connectivity index (χ1) is 13.2. The fraction of sp³-hybridized carbons (Fsp3) is 0.579. The Labute approximate surface area is 188 Å². The second-order valence-corrected chi connectivity index (χ2v) is 7.93. The predicted octanol–water partition coefficient (Wildman–Crippen LogP) is 2.75. The maximum atomic E-state index is 5.92. The summed E-state index contributed by atoms with van der Waals surface area (Å²) in [5.74, 6) is 2.71. The second-order valence-electron chi connectivity index (χ2n) is 6.61. The van der Waals surface area contributed by atoms with Crippen LogP contribution in [0.2, 0.25) is 0 Å². The summed E-state index contributed by atoms with van der Waals surface area (Å²) in [6, 6.07) is 4.24. The Morgan fingerprint density at radius 3 is 2.68 bits per heavy atom. The lowest BCUT2D eigenvalue weighted by Gasteiger charge is -2.33. The topological polar surface area (TPSA) is 74.9 Å². The van der Waals surface area contributed by atoms with Gasteiger partial charge in [0.2, 0.25) is 0 Å². The molecular weight excluding hydrogens is 489 g/mol. The normalized spacial score (nSPS) is 16.5. The van der Waals surface area contributed by atoms with Gasteiger partial charge in [0.15, 0.2) is 5.96 Å². The monoisotopic (exact) mass is 519 g/mol. The van der Waals surface area contributed by atoms with Crippen LogP contribution in [0.3, 0.4) is 0 Å². The van der Waals surface area contributed by atoms with E-state index in [1.807, 2.05) is 19.2 Å². The lowest BCUT2D eigenvalue weighted by Crippen LogP contribution is -2.46. The smallest absolute Gasteiger partial charge is 0.191 e. The Morgan fingerprint density at radius 2 is 2.07 bits per heavy atom. The Hall–Kier alpha value is -1.17. The van der Waals surface area contributed by atoms with Crippen LogP contribution in [0.1, 0.15) is 27.4 Å². The van der Waals surface area contributed by atoms with Crippen LogP contribution in [-0.4, -0.2) is 62.3 Å². The first-order valence-corrected chi connectivity index (χ1v) is 10.2. The molecule has 0 amide bonds. The fourth-order valence-electron chi connectivity index (χ4n) is 3.15. The van der Waals surface area contributed by atoms with Gasteiger partial charge >= 0.3 is 0 Å². The van der Waals surface area contributed by atoms with Gasteiger partial charge < -0.3 is 19.8 Å². The van der Waals surface area contributed by atoms with Crippen molar-refractivity contribution in [2.45, 2.75) is 26.3 Å². The number of hydrogen-bond acceptors (Lipinski definition) is 6. The molecule has 0 bridgehead atoms. The number of aromatic nitrogens is 1. The molecule has 0 aliphatic carbocycles. The minimum Gasteiger partial charge on any atom is -0.465 e. The van der Waals surface area contributed by atoms with E-state index < -0.39 is 0 Å². The van der Waals surface area contributed by atoms with Crippen molar-refractivity contribution in [2.24, 2.45) is 4.99 Å². The largest absolute Gasteiger partial charge is 0.465 e. The zero-order chi connectivity index (χ0) is 19.1.